The van der Waals surface area contributed by atoms with Crippen LogP contribution in [0.1, 0.15) is 117 Å². The zero-order valence-electron chi connectivity index (χ0n) is 34.8. The second-order valence-electron chi connectivity index (χ2n) is 13.8. The molecule has 13 heteroatoms. The zero-order valence-corrected chi connectivity index (χ0v) is 35.6. The maximum absolute atomic E-state index is 12.8. The number of aliphatic hydroxyl groups excluding tert-OH is 3. The van der Waals surface area contributed by atoms with Crippen LogP contribution in [0.4, 0.5) is 0 Å². The summed E-state index contributed by atoms with van der Waals surface area (Å²) in [5.74, 6) is -0.447. The lowest BCUT2D eigenvalue weighted by molar-refractivity contribution is -0.301. The molecule has 1 saturated heterocycles. The molecule has 0 saturated carbocycles. The molecule has 0 bridgehead atoms. The molecule has 0 amide bonds. The SMILES string of the molecule is CC/C=C\C/C=C\C/C=C\C/C=C\C/C=C\CCOCC(COC1OC(CO)C(O)C(OS(=O)(=O)O)C1O)OC(=O)CCCCCCC/C=C\C/C=C\C/C=C\CC. The summed E-state index contributed by atoms with van der Waals surface area (Å²) in [7, 11) is -5.08. The zero-order chi connectivity index (χ0) is 42.5. The van der Waals surface area contributed by atoms with Gasteiger partial charge in [0.15, 0.2) is 6.29 Å². The number of carbonyl (C=O) groups is 1. The molecule has 0 spiro atoms. The fourth-order valence-electron chi connectivity index (χ4n) is 5.63. The van der Waals surface area contributed by atoms with Gasteiger partial charge in [0.05, 0.1) is 26.4 Å². The monoisotopic (exact) mass is 836 g/mol. The Morgan fingerprint density at radius 2 is 1.14 bits per heavy atom. The molecular formula is C45H72O12S. The Labute approximate surface area is 348 Å². The second-order valence-corrected chi connectivity index (χ2v) is 14.9. The number of hydrogen-bond donors (Lipinski definition) is 4. The number of ether oxygens (including phenoxy) is 4. The first-order chi connectivity index (χ1) is 28.1. The Bertz CT molecular complexity index is 1380. The van der Waals surface area contributed by atoms with Crippen molar-refractivity contribution in [2.24, 2.45) is 0 Å². The molecule has 6 unspecified atom stereocenters. The summed E-state index contributed by atoms with van der Waals surface area (Å²) in [6, 6.07) is 0. The number of unbranched alkanes of at least 4 members (excludes halogenated alkanes) is 5. The molecule has 1 aliphatic heterocycles. The van der Waals surface area contributed by atoms with E-state index in [4.69, 9.17) is 23.5 Å². The molecule has 330 valence electrons. The number of rotatable bonds is 34. The van der Waals surface area contributed by atoms with Gasteiger partial charge in [0, 0.05) is 6.42 Å². The van der Waals surface area contributed by atoms with Crippen molar-refractivity contribution in [1.29, 1.82) is 0 Å². The lowest BCUT2D eigenvalue weighted by atomic mass is 9.99. The van der Waals surface area contributed by atoms with E-state index in [2.05, 4.69) is 103 Å². The Hall–Kier alpha value is -2.98. The molecule has 1 heterocycles. The minimum Gasteiger partial charge on any atom is -0.457 e. The molecule has 6 atom stereocenters. The Morgan fingerprint density at radius 3 is 1.66 bits per heavy atom. The highest BCUT2D eigenvalue weighted by Gasteiger charge is 2.48. The fraction of sp³-hybridized carbons (Fsp3) is 0.622. The van der Waals surface area contributed by atoms with Gasteiger partial charge >= 0.3 is 16.4 Å². The topological polar surface area (TPSA) is 178 Å². The summed E-state index contributed by atoms with van der Waals surface area (Å²) < 4.78 is 58.8. The molecule has 0 aromatic carbocycles. The first-order valence-corrected chi connectivity index (χ1v) is 22.4. The first-order valence-electron chi connectivity index (χ1n) is 21.0. The highest BCUT2D eigenvalue weighted by Crippen LogP contribution is 2.26. The van der Waals surface area contributed by atoms with Gasteiger partial charge in [-0.25, -0.2) is 4.18 Å². The van der Waals surface area contributed by atoms with Crippen molar-refractivity contribution < 1.29 is 56.2 Å². The van der Waals surface area contributed by atoms with Crippen molar-refractivity contribution in [1.82, 2.24) is 0 Å². The van der Waals surface area contributed by atoms with Crippen molar-refractivity contribution in [2.45, 2.75) is 153 Å². The van der Waals surface area contributed by atoms with Crippen LogP contribution in [0.25, 0.3) is 0 Å². The molecule has 12 nitrogen and oxygen atoms in total. The van der Waals surface area contributed by atoms with Gasteiger partial charge in [-0.15, -0.1) is 0 Å². The average molecular weight is 837 g/mol. The molecule has 1 aliphatic rings. The van der Waals surface area contributed by atoms with E-state index in [-0.39, 0.29) is 19.6 Å². The van der Waals surface area contributed by atoms with Gasteiger partial charge in [-0.2, -0.15) is 8.42 Å². The lowest BCUT2D eigenvalue weighted by Gasteiger charge is -2.41. The number of allylic oxidation sites excluding steroid dienone is 15. The van der Waals surface area contributed by atoms with E-state index < -0.39 is 59.8 Å². The van der Waals surface area contributed by atoms with E-state index in [0.717, 1.165) is 83.5 Å². The van der Waals surface area contributed by atoms with Crippen LogP contribution in [0.5, 0.6) is 0 Å². The van der Waals surface area contributed by atoms with Crippen LogP contribution in [0, 0.1) is 0 Å². The fourth-order valence-corrected chi connectivity index (χ4v) is 6.14. The van der Waals surface area contributed by atoms with Crippen LogP contribution in [-0.4, -0.2) is 97.5 Å². The Kier molecular flexibility index (Phi) is 32.8. The molecule has 1 fully saturated rings. The van der Waals surface area contributed by atoms with E-state index in [1.54, 1.807) is 0 Å². The first kappa shape index (κ1) is 53.0. The van der Waals surface area contributed by atoms with E-state index in [1.807, 2.05) is 12.2 Å². The van der Waals surface area contributed by atoms with Crippen LogP contribution in [0.2, 0.25) is 0 Å². The van der Waals surface area contributed by atoms with E-state index in [9.17, 15) is 28.5 Å². The van der Waals surface area contributed by atoms with Gasteiger partial charge in [0.1, 0.15) is 30.5 Å². The van der Waals surface area contributed by atoms with E-state index >= 15 is 0 Å². The van der Waals surface area contributed by atoms with Gasteiger partial charge in [0.2, 0.25) is 0 Å². The van der Waals surface area contributed by atoms with Crippen molar-refractivity contribution in [2.75, 3.05) is 26.4 Å². The maximum Gasteiger partial charge on any atom is 0.397 e. The molecule has 0 aromatic rings. The molecule has 1 rings (SSSR count). The average Bonchev–Trinajstić information content (AvgIpc) is 3.19. The largest absolute Gasteiger partial charge is 0.457 e. The number of esters is 1. The Balaban J connectivity index is 2.55. The van der Waals surface area contributed by atoms with Crippen molar-refractivity contribution >= 4 is 16.4 Å². The summed E-state index contributed by atoms with van der Waals surface area (Å²) in [4.78, 5) is 12.8. The quantitative estimate of drug-likeness (QED) is 0.0211. The summed E-state index contributed by atoms with van der Waals surface area (Å²) in [5.41, 5.74) is 0. The third-order valence-electron chi connectivity index (χ3n) is 8.72. The number of carbonyl (C=O) groups excluding carboxylic acids is 1. The van der Waals surface area contributed by atoms with Crippen LogP contribution in [0.15, 0.2) is 97.2 Å². The molecule has 0 aromatic heterocycles. The minimum absolute atomic E-state index is 0.0323. The molecular weight excluding hydrogens is 765 g/mol. The van der Waals surface area contributed by atoms with Gasteiger partial charge in [-0.05, 0) is 77.0 Å². The summed E-state index contributed by atoms with van der Waals surface area (Å²) in [5, 5.41) is 30.6. The standard InChI is InChI=1S/C45H72O12S/c1-3-5-7-9-11-13-15-17-19-21-23-25-27-29-31-33-35-53-37-39(38-54-45-43(49)44(57-58(50,51)52)42(48)40(36-46)56-45)55-41(47)34-32-30-28-26-24-22-20-18-16-14-12-10-8-6-4-2/h5-8,11-14,17-20,23,25,29,31,39-40,42-46,48-49H,3-4,9-10,15-16,21-22,24,26-28,30,32-38H2,1-2H3,(H,50,51,52)/b7-5-,8-6-,13-11-,14-12-,19-17-,20-18-,25-23-,31-29-. The maximum atomic E-state index is 12.8. The predicted octanol–water partition coefficient (Wildman–Crippen LogP) is 8.29. The van der Waals surface area contributed by atoms with Crippen molar-refractivity contribution in [3.63, 3.8) is 0 Å². The molecule has 58 heavy (non-hydrogen) atoms. The highest BCUT2D eigenvalue weighted by atomic mass is 32.3. The van der Waals surface area contributed by atoms with Crippen molar-refractivity contribution in [3.8, 4) is 0 Å². The summed E-state index contributed by atoms with van der Waals surface area (Å²) in [6.45, 7) is 3.48. The summed E-state index contributed by atoms with van der Waals surface area (Å²) >= 11 is 0. The van der Waals surface area contributed by atoms with E-state index in [0.29, 0.717) is 19.4 Å². The highest BCUT2D eigenvalue weighted by molar-refractivity contribution is 7.80. The number of hydrogen-bond acceptors (Lipinski definition) is 11. The molecule has 0 radical (unpaired) electrons. The third kappa shape index (κ3) is 29.3. The van der Waals surface area contributed by atoms with Gasteiger partial charge in [-0.1, -0.05) is 130 Å². The van der Waals surface area contributed by atoms with E-state index in [1.165, 1.54) is 0 Å². The number of aliphatic hydroxyl groups is 3. The smallest absolute Gasteiger partial charge is 0.397 e. The van der Waals surface area contributed by atoms with Gasteiger partial charge in [-0.3, -0.25) is 9.35 Å². The third-order valence-corrected chi connectivity index (χ3v) is 9.19. The van der Waals surface area contributed by atoms with Gasteiger partial charge < -0.3 is 34.3 Å². The lowest BCUT2D eigenvalue weighted by Crippen LogP contribution is -2.60. The predicted molar refractivity (Wildman–Crippen MR) is 229 cm³/mol. The van der Waals surface area contributed by atoms with Crippen LogP contribution < -0.4 is 0 Å². The molecule has 4 N–H and O–H groups in total. The Morgan fingerprint density at radius 1 is 0.655 bits per heavy atom. The van der Waals surface area contributed by atoms with Gasteiger partial charge in [0.25, 0.3) is 0 Å². The second kappa shape index (κ2) is 35.9. The minimum atomic E-state index is -5.08. The normalized spacial score (nSPS) is 21.5. The summed E-state index contributed by atoms with van der Waals surface area (Å²) in [6.07, 6.45) is 38.9. The van der Waals surface area contributed by atoms with Crippen LogP contribution in [-0.2, 0) is 38.3 Å². The molecule has 0 aliphatic carbocycles. The van der Waals surface area contributed by atoms with Crippen LogP contribution >= 0.6 is 0 Å². The van der Waals surface area contributed by atoms with Crippen molar-refractivity contribution in [3.05, 3.63) is 97.2 Å². The van der Waals surface area contributed by atoms with Crippen LogP contribution in [0.3, 0.4) is 0 Å².